The Morgan fingerprint density at radius 3 is 2.85 bits per heavy atom. The first-order valence-electron chi connectivity index (χ1n) is 10.3. The molecule has 1 aromatic heterocycles. The molecule has 0 radical (unpaired) electrons. The number of nitrogens with zero attached hydrogens (tertiary/aromatic N) is 1. The smallest absolute Gasteiger partial charge is 0.145 e. The van der Waals surface area contributed by atoms with Gasteiger partial charge in [-0.1, -0.05) is 35.8 Å². The van der Waals surface area contributed by atoms with Gasteiger partial charge in [0.05, 0.1) is 17.7 Å². The molecule has 2 unspecified atom stereocenters. The van der Waals surface area contributed by atoms with Crippen molar-refractivity contribution in [3.63, 3.8) is 0 Å². The topological polar surface area (TPSA) is 47.3 Å². The van der Waals surface area contributed by atoms with Gasteiger partial charge in [0.1, 0.15) is 11.5 Å². The summed E-state index contributed by atoms with van der Waals surface area (Å²) in [7, 11) is 0. The van der Waals surface area contributed by atoms with Crippen LogP contribution in [0.1, 0.15) is 68.3 Å². The van der Waals surface area contributed by atoms with Crippen LogP contribution >= 0.6 is 11.6 Å². The van der Waals surface area contributed by atoms with Crippen molar-refractivity contribution in [3.05, 3.63) is 40.1 Å². The van der Waals surface area contributed by atoms with Crippen LogP contribution in [0.5, 0.6) is 0 Å². The molecule has 0 spiro atoms. The first kappa shape index (κ1) is 19.0. The van der Waals surface area contributed by atoms with Gasteiger partial charge in [-0.25, -0.2) is 0 Å². The van der Waals surface area contributed by atoms with Crippen LogP contribution in [0.4, 0.5) is 0 Å². The van der Waals surface area contributed by atoms with Crippen molar-refractivity contribution in [2.45, 2.75) is 77.0 Å². The van der Waals surface area contributed by atoms with E-state index < -0.39 is 0 Å². The number of aryl methyl sites for hydroxylation is 1. The first-order chi connectivity index (χ1) is 13.2. The third-order valence-corrected chi connectivity index (χ3v) is 6.17. The van der Waals surface area contributed by atoms with Gasteiger partial charge in [-0.05, 0) is 63.6 Å². The standard InChI is InChI=1S/C22H29ClN2O2/c1-3-17(12-16-7-5-11-24-16)26-13-18-21(25-27-22(18)15-9-10-15)20-14(2)6-4-8-19(20)23/h4,6,8,15-17,24H,3,5,7,9-13H2,1-2H3. The van der Waals surface area contributed by atoms with Crippen molar-refractivity contribution < 1.29 is 9.26 Å². The van der Waals surface area contributed by atoms with Crippen molar-refractivity contribution in [2.75, 3.05) is 6.54 Å². The highest BCUT2D eigenvalue weighted by molar-refractivity contribution is 6.33. The molecule has 1 N–H and O–H groups in total. The molecule has 2 heterocycles. The molecule has 27 heavy (non-hydrogen) atoms. The largest absolute Gasteiger partial charge is 0.373 e. The van der Waals surface area contributed by atoms with Crippen molar-refractivity contribution in [1.29, 1.82) is 0 Å². The average Bonchev–Trinajstić information content (AvgIpc) is 3.21. The van der Waals surface area contributed by atoms with Gasteiger partial charge in [0.25, 0.3) is 0 Å². The third kappa shape index (κ3) is 4.23. The van der Waals surface area contributed by atoms with Gasteiger partial charge >= 0.3 is 0 Å². The van der Waals surface area contributed by atoms with E-state index in [9.17, 15) is 0 Å². The number of ether oxygens (including phenoxy) is 1. The van der Waals surface area contributed by atoms with Crippen LogP contribution in [-0.2, 0) is 11.3 Å². The lowest BCUT2D eigenvalue weighted by Crippen LogP contribution is -2.28. The molecule has 2 aromatic rings. The lowest BCUT2D eigenvalue weighted by atomic mass is 10.0. The van der Waals surface area contributed by atoms with E-state index in [1.54, 1.807) is 0 Å². The maximum absolute atomic E-state index is 6.51. The molecular formula is C22H29ClN2O2. The molecule has 1 aliphatic carbocycles. The summed E-state index contributed by atoms with van der Waals surface area (Å²) < 4.78 is 12.2. The van der Waals surface area contributed by atoms with Crippen LogP contribution in [0.15, 0.2) is 22.7 Å². The molecule has 1 saturated carbocycles. The Hall–Kier alpha value is -1.36. The van der Waals surface area contributed by atoms with Crippen molar-refractivity contribution >= 4 is 11.6 Å². The lowest BCUT2D eigenvalue weighted by Gasteiger charge is -2.20. The Labute approximate surface area is 166 Å². The SMILES string of the molecule is CCC(CC1CCCN1)OCc1c(-c2c(C)cccc2Cl)noc1C1CC1. The molecule has 4 rings (SSSR count). The molecule has 2 fully saturated rings. The first-order valence-corrected chi connectivity index (χ1v) is 10.6. The van der Waals surface area contributed by atoms with Gasteiger partial charge in [0.15, 0.2) is 0 Å². The fourth-order valence-corrected chi connectivity index (χ4v) is 4.40. The highest BCUT2D eigenvalue weighted by Gasteiger charge is 2.33. The van der Waals surface area contributed by atoms with Gasteiger partial charge < -0.3 is 14.6 Å². The Morgan fingerprint density at radius 2 is 2.19 bits per heavy atom. The lowest BCUT2D eigenvalue weighted by molar-refractivity contribution is 0.0266. The molecule has 146 valence electrons. The van der Waals surface area contributed by atoms with Gasteiger partial charge in [0.2, 0.25) is 0 Å². The molecule has 2 atom stereocenters. The molecular weight excluding hydrogens is 360 g/mol. The van der Waals surface area contributed by atoms with E-state index in [1.807, 2.05) is 12.1 Å². The zero-order valence-corrected chi connectivity index (χ0v) is 17.0. The Kier molecular flexibility index (Phi) is 5.86. The minimum absolute atomic E-state index is 0.253. The molecule has 0 amide bonds. The van der Waals surface area contributed by atoms with Crippen LogP contribution < -0.4 is 5.32 Å². The summed E-state index contributed by atoms with van der Waals surface area (Å²) in [5.41, 5.74) is 4.03. The van der Waals surface area contributed by atoms with Crippen LogP contribution in [0.2, 0.25) is 5.02 Å². The predicted molar refractivity (Wildman–Crippen MR) is 108 cm³/mol. The van der Waals surface area contributed by atoms with Gasteiger partial charge in [-0.15, -0.1) is 0 Å². The van der Waals surface area contributed by atoms with Crippen LogP contribution in [-0.4, -0.2) is 23.8 Å². The molecule has 2 aliphatic rings. The van der Waals surface area contributed by atoms with E-state index >= 15 is 0 Å². The maximum atomic E-state index is 6.51. The Morgan fingerprint density at radius 1 is 1.33 bits per heavy atom. The summed E-state index contributed by atoms with van der Waals surface area (Å²) in [4.78, 5) is 0. The maximum Gasteiger partial charge on any atom is 0.145 e. The normalized spacial score (nSPS) is 20.9. The van der Waals surface area contributed by atoms with Gasteiger partial charge in [-0.2, -0.15) is 0 Å². The number of halogens is 1. The summed E-state index contributed by atoms with van der Waals surface area (Å²) in [6.07, 6.45) is 7.21. The van der Waals surface area contributed by atoms with Crippen molar-refractivity contribution in [1.82, 2.24) is 10.5 Å². The summed E-state index contributed by atoms with van der Waals surface area (Å²) in [6.45, 7) is 5.95. The van der Waals surface area contributed by atoms with Gasteiger partial charge in [-0.3, -0.25) is 0 Å². The fourth-order valence-electron chi connectivity index (χ4n) is 4.08. The molecule has 1 aromatic carbocycles. The third-order valence-electron chi connectivity index (χ3n) is 5.85. The Bertz CT molecular complexity index is 758. The molecule has 1 saturated heterocycles. The molecule has 0 bridgehead atoms. The second-order valence-electron chi connectivity index (χ2n) is 7.95. The highest BCUT2D eigenvalue weighted by atomic mass is 35.5. The quantitative estimate of drug-likeness (QED) is 0.637. The van der Waals surface area contributed by atoms with E-state index in [-0.39, 0.29) is 6.10 Å². The molecule has 5 heteroatoms. The Balaban J connectivity index is 1.56. The predicted octanol–water partition coefficient (Wildman–Crippen LogP) is 5.62. The summed E-state index contributed by atoms with van der Waals surface area (Å²) in [6, 6.07) is 6.55. The summed E-state index contributed by atoms with van der Waals surface area (Å²) in [5, 5.41) is 8.72. The van der Waals surface area contributed by atoms with Gasteiger partial charge in [0, 0.05) is 23.1 Å². The minimum Gasteiger partial charge on any atom is -0.373 e. The fraction of sp³-hybridized carbons (Fsp3) is 0.591. The number of benzene rings is 1. The zero-order chi connectivity index (χ0) is 18.8. The average molecular weight is 389 g/mol. The minimum atomic E-state index is 0.253. The van der Waals surface area contributed by atoms with E-state index in [0.717, 1.165) is 47.5 Å². The second-order valence-corrected chi connectivity index (χ2v) is 8.36. The molecule has 4 nitrogen and oxygen atoms in total. The highest BCUT2D eigenvalue weighted by Crippen LogP contribution is 2.45. The summed E-state index contributed by atoms with van der Waals surface area (Å²) >= 11 is 6.51. The number of rotatable bonds is 8. The van der Waals surface area contributed by atoms with E-state index in [2.05, 4.69) is 30.4 Å². The number of hydrogen-bond acceptors (Lipinski definition) is 4. The molecule has 1 aliphatic heterocycles. The monoisotopic (exact) mass is 388 g/mol. The van der Waals surface area contributed by atoms with Crippen LogP contribution in [0.25, 0.3) is 11.3 Å². The van der Waals surface area contributed by atoms with Crippen LogP contribution in [0.3, 0.4) is 0 Å². The van der Waals surface area contributed by atoms with E-state index in [0.29, 0.717) is 23.6 Å². The zero-order valence-electron chi connectivity index (χ0n) is 16.3. The van der Waals surface area contributed by atoms with E-state index in [1.165, 1.54) is 25.7 Å². The summed E-state index contributed by atoms with van der Waals surface area (Å²) in [5.74, 6) is 1.49. The van der Waals surface area contributed by atoms with Crippen molar-refractivity contribution in [2.24, 2.45) is 0 Å². The van der Waals surface area contributed by atoms with E-state index in [4.69, 9.17) is 20.9 Å². The number of nitrogens with one attached hydrogen (secondary N) is 1. The van der Waals surface area contributed by atoms with Crippen molar-refractivity contribution in [3.8, 4) is 11.3 Å². The second kappa shape index (κ2) is 8.34. The number of hydrogen-bond donors (Lipinski definition) is 1. The van der Waals surface area contributed by atoms with Crippen LogP contribution in [0, 0.1) is 6.92 Å². The number of aromatic nitrogens is 1.